The molecule has 0 aliphatic rings. The van der Waals surface area contributed by atoms with Crippen LogP contribution >= 0.6 is 15.9 Å². The van der Waals surface area contributed by atoms with Crippen molar-refractivity contribution in [1.29, 1.82) is 0 Å². The molecule has 0 amide bonds. The van der Waals surface area contributed by atoms with Crippen LogP contribution in [-0.4, -0.2) is 9.67 Å². The number of aromatic nitrogens is 1. The van der Waals surface area contributed by atoms with Gasteiger partial charge < -0.3 is 9.67 Å². The maximum atomic E-state index is 13.2. The minimum absolute atomic E-state index is 0.264. The van der Waals surface area contributed by atoms with Crippen molar-refractivity contribution in [2.45, 2.75) is 19.6 Å². The summed E-state index contributed by atoms with van der Waals surface area (Å²) in [6, 6.07) is 8.52. The number of nitrogens with zero attached hydrogens (tertiary/aromatic N) is 1. The predicted octanol–water partition coefficient (Wildman–Crippen LogP) is 3.49. The number of aliphatic hydroxyl groups excluding tert-OH is 1. The summed E-state index contributed by atoms with van der Waals surface area (Å²) in [5.74, 6) is -0.264. The topological polar surface area (TPSA) is 25.2 Å². The molecule has 4 heteroatoms. The van der Waals surface area contributed by atoms with E-state index in [1.54, 1.807) is 6.92 Å². The molecule has 1 unspecified atom stereocenters. The van der Waals surface area contributed by atoms with Gasteiger partial charge in [0, 0.05) is 22.9 Å². The van der Waals surface area contributed by atoms with Crippen molar-refractivity contribution >= 4 is 15.9 Å². The highest BCUT2D eigenvalue weighted by Gasteiger charge is 2.07. The van der Waals surface area contributed by atoms with Crippen LogP contribution in [0.3, 0.4) is 0 Å². The minimum atomic E-state index is -0.526. The Kier molecular flexibility index (Phi) is 3.64. The lowest BCUT2D eigenvalue weighted by Gasteiger charge is -2.11. The number of hydrogen-bond donors (Lipinski definition) is 1. The highest BCUT2D eigenvalue weighted by atomic mass is 79.9. The van der Waals surface area contributed by atoms with Crippen LogP contribution in [0.5, 0.6) is 0 Å². The third-order valence-corrected chi connectivity index (χ3v) is 3.03. The monoisotopic (exact) mass is 297 g/mol. The van der Waals surface area contributed by atoms with Gasteiger partial charge >= 0.3 is 0 Å². The average Bonchev–Trinajstić information content (AvgIpc) is 2.63. The Hall–Kier alpha value is -1.13. The standard InChI is InChI=1S/C13H13BrFNO/c1-9(17)13-3-2-4-16(13)8-10-5-11(14)7-12(15)6-10/h2-7,9,17H,8H2,1H3. The second kappa shape index (κ2) is 5.02. The number of benzene rings is 1. The largest absolute Gasteiger partial charge is 0.387 e. The van der Waals surface area contributed by atoms with Crippen molar-refractivity contribution in [3.05, 3.63) is 58.1 Å². The molecule has 1 atom stereocenters. The summed E-state index contributed by atoms with van der Waals surface area (Å²) < 4.78 is 15.9. The van der Waals surface area contributed by atoms with E-state index in [-0.39, 0.29) is 5.82 Å². The summed E-state index contributed by atoms with van der Waals surface area (Å²) in [5, 5.41) is 9.58. The van der Waals surface area contributed by atoms with Crippen LogP contribution in [0.25, 0.3) is 0 Å². The van der Waals surface area contributed by atoms with Crippen molar-refractivity contribution in [3.8, 4) is 0 Å². The van der Waals surface area contributed by atoms with Gasteiger partial charge in [0.25, 0.3) is 0 Å². The molecular formula is C13H13BrFNO. The van der Waals surface area contributed by atoms with Crippen LogP contribution in [-0.2, 0) is 6.54 Å². The van der Waals surface area contributed by atoms with E-state index < -0.39 is 6.10 Å². The van der Waals surface area contributed by atoms with Crippen molar-refractivity contribution in [2.75, 3.05) is 0 Å². The van der Waals surface area contributed by atoms with Crippen LogP contribution < -0.4 is 0 Å². The molecule has 0 radical (unpaired) electrons. The fourth-order valence-corrected chi connectivity index (χ4v) is 2.36. The number of aliphatic hydroxyl groups is 1. The van der Waals surface area contributed by atoms with Gasteiger partial charge in [0.1, 0.15) is 5.82 Å². The fourth-order valence-electron chi connectivity index (χ4n) is 1.85. The van der Waals surface area contributed by atoms with Crippen LogP contribution in [0.1, 0.15) is 24.3 Å². The number of hydrogen-bond acceptors (Lipinski definition) is 1. The fraction of sp³-hybridized carbons (Fsp3) is 0.231. The van der Waals surface area contributed by atoms with Crippen LogP contribution in [0.2, 0.25) is 0 Å². The Bertz CT molecular complexity index is 502. The van der Waals surface area contributed by atoms with Crippen LogP contribution in [0, 0.1) is 5.82 Å². The van der Waals surface area contributed by atoms with Gasteiger partial charge in [0.15, 0.2) is 0 Å². The van der Waals surface area contributed by atoms with Crippen LogP contribution in [0.4, 0.5) is 4.39 Å². The molecule has 1 aromatic carbocycles. The van der Waals surface area contributed by atoms with Gasteiger partial charge in [-0.25, -0.2) is 4.39 Å². The average molecular weight is 298 g/mol. The maximum absolute atomic E-state index is 13.2. The van der Waals surface area contributed by atoms with Crippen molar-refractivity contribution in [3.63, 3.8) is 0 Å². The minimum Gasteiger partial charge on any atom is -0.387 e. The Labute approximate surface area is 108 Å². The summed E-state index contributed by atoms with van der Waals surface area (Å²) in [7, 11) is 0. The van der Waals surface area contributed by atoms with Crippen molar-refractivity contribution in [1.82, 2.24) is 4.57 Å². The number of rotatable bonds is 3. The summed E-state index contributed by atoms with van der Waals surface area (Å²) in [6.07, 6.45) is 1.35. The summed E-state index contributed by atoms with van der Waals surface area (Å²) in [5.41, 5.74) is 1.68. The highest BCUT2D eigenvalue weighted by Crippen LogP contribution is 2.18. The third kappa shape index (κ3) is 2.96. The van der Waals surface area contributed by atoms with Gasteiger partial charge in [-0.1, -0.05) is 15.9 Å². The lowest BCUT2D eigenvalue weighted by atomic mass is 10.2. The smallest absolute Gasteiger partial charge is 0.124 e. The van der Waals surface area contributed by atoms with Gasteiger partial charge in [0.2, 0.25) is 0 Å². The van der Waals surface area contributed by atoms with E-state index in [9.17, 15) is 9.50 Å². The molecule has 0 aliphatic heterocycles. The molecule has 2 nitrogen and oxygen atoms in total. The first-order valence-electron chi connectivity index (χ1n) is 5.34. The van der Waals surface area contributed by atoms with Gasteiger partial charge in [-0.2, -0.15) is 0 Å². The quantitative estimate of drug-likeness (QED) is 0.922. The summed E-state index contributed by atoms with van der Waals surface area (Å²) in [6.45, 7) is 2.26. The zero-order valence-electron chi connectivity index (χ0n) is 9.40. The zero-order chi connectivity index (χ0) is 12.4. The van der Waals surface area contributed by atoms with E-state index in [1.807, 2.05) is 29.0 Å². The van der Waals surface area contributed by atoms with E-state index in [0.29, 0.717) is 6.54 Å². The van der Waals surface area contributed by atoms with Gasteiger partial charge in [-0.15, -0.1) is 0 Å². The Morgan fingerprint density at radius 2 is 2.18 bits per heavy atom. The first-order chi connectivity index (χ1) is 8.06. The lowest BCUT2D eigenvalue weighted by molar-refractivity contribution is 0.190. The zero-order valence-corrected chi connectivity index (χ0v) is 11.0. The molecule has 0 saturated heterocycles. The van der Waals surface area contributed by atoms with Crippen LogP contribution in [0.15, 0.2) is 41.0 Å². The molecule has 2 rings (SSSR count). The van der Waals surface area contributed by atoms with E-state index in [1.165, 1.54) is 12.1 Å². The molecule has 0 aliphatic carbocycles. The normalized spacial score (nSPS) is 12.7. The van der Waals surface area contributed by atoms with Crippen molar-refractivity contribution in [2.24, 2.45) is 0 Å². The summed E-state index contributed by atoms with van der Waals surface area (Å²) in [4.78, 5) is 0. The van der Waals surface area contributed by atoms with E-state index in [2.05, 4.69) is 15.9 Å². The highest BCUT2D eigenvalue weighted by molar-refractivity contribution is 9.10. The Morgan fingerprint density at radius 3 is 2.82 bits per heavy atom. The molecule has 0 bridgehead atoms. The molecule has 1 heterocycles. The molecule has 1 aromatic heterocycles. The Morgan fingerprint density at radius 1 is 1.41 bits per heavy atom. The number of halogens is 2. The first-order valence-corrected chi connectivity index (χ1v) is 6.13. The van der Waals surface area contributed by atoms with E-state index in [4.69, 9.17) is 0 Å². The van der Waals surface area contributed by atoms with E-state index in [0.717, 1.165) is 15.7 Å². The SMILES string of the molecule is CC(O)c1cccn1Cc1cc(F)cc(Br)c1. The molecule has 17 heavy (non-hydrogen) atoms. The molecule has 2 aromatic rings. The third-order valence-electron chi connectivity index (χ3n) is 2.57. The second-order valence-electron chi connectivity index (χ2n) is 4.01. The first kappa shape index (κ1) is 12.3. The van der Waals surface area contributed by atoms with Gasteiger partial charge in [0.05, 0.1) is 6.10 Å². The van der Waals surface area contributed by atoms with E-state index >= 15 is 0 Å². The van der Waals surface area contributed by atoms with Crippen molar-refractivity contribution < 1.29 is 9.50 Å². The Balaban J connectivity index is 2.28. The summed E-state index contributed by atoms with van der Waals surface area (Å²) >= 11 is 3.27. The molecule has 0 fully saturated rings. The molecular weight excluding hydrogens is 285 g/mol. The maximum Gasteiger partial charge on any atom is 0.124 e. The predicted molar refractivity (Wildman–Crippen MR) is 68.3 cm³/mol. The molecule has 90 valence electrons. The van der Waals surface area contributed by atoms with Gasteiger partial charge in [-0.3, -0.25) is 0 Å². The molecule has 1 N–H and O–H groups in total. The second-order valence-corrected chi connectivity index (χ2v) is 4.93. The van der Waals surface area contributed by atoms with Gasteiger partial charge in [-0.05, 0) is 42.8 Å². The lowest BCUT2D eigenvalue weighted by Crippen LogP contribution is -2.06. The molecule has 0 saturated carbocycles. The molecule has 0 spiro atoms.